The number of carbonyl (C=O) groups excluding carboxylic acids is 1. The van der Waals surface area contributed by atoms with Crippen LogP contribution in [0.1, 0.15) is 32.3 Å². The highest BCUT2D eigenvalue weighted by Crippen LogP contribution is 2.16. The van der Waals surface area contributed by atoms with E-state index >= 15 is 0 Å². The third-order valence-corrected chi connectivity index (χ3v) is 5.59. The van der Waals surface area contributed by atoms with E-state index in [1.54, 1.807) is 31.2 Å². The van der Waals surface area contributed by atoms with Crippen molar-refractivity contribution in [3.05, 3.63) is 29.8 Å². The lowest BCUT2D eigenvalue weighted by Gasteiger charge is -2.27. The van der Waals surface area contributed by atoms with E-state index in [4.69, 9.17) is 0 Å². The highest BCUT2D eigenvalue weighted by Gasteiger charge is 2.24. The molecule has 6 nitrogen and oxygen atoms in total. The number of hydrogen-bond acceptors (Lipinski definition) is 4. The predicted octanol–water partition coefficient (Wildman–Crippen LogP) is 1.41. The molecule has 0 radical (unpaired) electrons. The molecule has 136 valence electrons. The van der Waals surface area contributed by atoms with Gasteiger partial charge in [0.15, 0.2) is 0 Å². The first-order valence-corrected chi connectivity index (χ1v) is 9.50. The molecule has 0 bridgehead atoms. The van der Waals surface area contributed by atoms with Crippen LogP contribution >= 0.6 is 12.4 Å². The Morgan fingerprint density at radius 2 is 1.96 bits per heavy atom. The molecule has 1 heterocycles. The third kappa shape index (κ3) is 5.73. The number of hydrogen-bond donors (Lipinski definition) is 3. The van der Waals surface area contributed by atoms with Gasteiger partial charge in [0.2, 0.25) is 15.9 Å². The van der Waals surface area contributed by atoms with Crippen molar-refractivity contribution in [3.8, 4) is 0 Å². The molecule has 0 unspecified atom stereocenters. The number of amides is 1. The topological polar surface area (TPSA) is 87.3 Å². The summed E-state index contributed by atoms with van der Waals surface area (Å²) in [4.78, 5) is 12.4. The Balaban J connectivity index is 0.00000288. The molecule has 1 aliphatic rings. The Kier molecular flexibility index (Phi) is 8.15. The summed E-state index contributed by atoms with van der Waals surface area (Å²) in [6.45, 7) is 5.47. The van der Waals surface area contributed by atoms with Gasteiger partial charge in [0, 0.05) is 25.0 Å². The summed E-state index contributed by atoms with van der Waals surface area (Å²) in [5.41, 5.74) is 0.885. The number of nitrogens with one attached hydrogen (secondary N) is 3. The molecule has 2 atom stereocenters. The van der Waals surface area contributed by atoms with Crippen molar-refractivity contribution in [2.75, 3.05) is 13.1 Å². The molecule has 1 aromatic carbocycles. The first-order chi connectivity index (χ1) is 10.9. The quantitative estimate of drug-likeness (QED) is 0.701. The first kappa shape index (κ1) is 20.9. The van der Waals surface area contributed by atoms with E-state index in [9.17, 15) is 13.2 Å². The van der Waals surface area contributed by atoms with Gasteiger partial charge in [0.1, 0.15) is 0 Å². The second-order valence-corrected chi connectivity index (χ2v) is 7.71. The van der Waals surface area contributed by atoms with E-state index < -0.39 is 10.0 Å². The molecule has 1 amide bonds. The summed E-state index contributed by atoms with van der Waals surface area (Å²) in [6, 6.07) is 6.96. The second-order valence-electron chi connectivity index (χ2n) is 5.94. The van der Waals surface area contributed by atoms with E-state index in [0.717, 1.165) is 24.9 Å². The molecule has 1 aromatic rings. The normalized spacial score (nSPS) is 20.9. The highest BCUT2D eigenvalue weighted by atomic mass is 35.5. The maximum Gasteiger partial charge on any atom is 0.240 e. The number of sulfonamides is 1. The van der Waals surface area contributed by atoms with Crippen LogP contribution in [0.15, 0.2) is 29.2 Å². The molecule has 2 rings (SSSR count). The van der Waals surface area contributed by atoms with Gasteiger partial charge < -0.3 is 10.6 Å². The number of benzene rings is 1. The number of rotatable bonds is 6. The van der Waals surface area contributed by atoms with Crippen molar-refractivity contribution < 1.29 is 13.2 Å². The van der Waals surface area contributed by atoms with E-state index in [0.29, 0.717) is 19.1 Å². The van der Waals surface area contributed by atoms with Gasteiger partial charge in [0.25, 0.3) is 0 Å². The molecule has 3 N–H and O–H groups in total. The number of halogens is 1. The Labute approximate surface area is 150 Å². The maximum atomic E-state index is 12.2. The molecule has 1 aliphatic heterocycles. The summed E-state index contributed by atoms with van der Waals surface area (Å²) in [5.74, 6) is 0.127. The smallest absolute Gasteiger partial charge is 0.240 e. The van der Waals surface area contributed by atoms with E-state index in [1.165, 1.54) is 0 Å². The summed E-state index contributed by atoms with van der Waals surface area (Å²) in [7, 11) is -3.43. The van der Waals surface area contributed by atoms with Crippen LogP contribution in [0.5, 0.6) is 0 Å². The zero-order valence-corrected chi connectivity index (χ0v) is 15.7. The maximum absolute atomic E-state index is 12.2. The van der Waals surface area contributed by atoms with Crippen molar-refractivity contribution >= 4 is 28.3 Å². The molecule has 0 aromatic heterocycles. The van der Waals surface area contributed by atoms with Crippen molar-refractivity contribution in [3.63, 3.8) is 0 Å². The van der Waals surface area contributed by atoms with Crippen LogP contribution < -0.4 is 15.4 Å². The summed E-state index contributed by atoms with van der Waals surface area (Å²) < 4.78 is 26.2. The van der Waals surface area contributed by atoms with Crippen LogP contribution in [0, 0.1) is 5.92 Å². The minimum atomic E-state index is -3.43. The fraction of sp³-hybridized carbons (Fsp3) is 0.562. The van der Waals surface area contributed by atoms with Gasteiger partial charge in [-0.05, 0) is 44.0 Å². The fourth-order valence-electron chi connectivity index (χ4n) is 2.76. The average molecular weight is 376 g/mol. The van der Waals surface area contributed by atoms with Crippen molar-refractivity contribution in [1.82, 2.24) is 15.4 Å². The van der Waals surface area contributed by atoms with Gasteiger partial charge in [0.05, 0.1) is 4.90 Å². The minimum Gasteiger partial charge on any atom is -0.352 e. The molecule has 1 saturated heterocycles. The molecule has 1 fully saturated rings. The fourth-order valence-corrected chi connectivity index (χ4v) is 3.80. The predicted molar refractivity (Wildman–Crippen MR) is 96.6 cm³/mol. The molecule has 8 heteroatoms. The largest absolute Gasteiger partial charge is 0.352 e. The van der Waals surface area contributed by atoms with Gasteiger partial charge in [-0.1, -0.05) is 19.1 Å². The van der Waals surface area contributed by atoms with Crippen molar-refractivity contribution in [2.45, 2.75) is 44.2 Å². The van der Waals surface area contributed by atoms with Crippen LogP contribution in [0.3, 0.4) is 0 Å². The lowest BCUT2D eigenvalue weighted by molar-refractivity contribution is -0.126. The summed E-state index contributed by atoms with van der Waals surface area (Å²) >= 11 is 0. The second kappa shape index (κ2) is 9.36. The molecular weight excluding hydrogens is 350 g/mol. The molecule has 24 heavy (non-hydrogen) atoms. The summed E-state index contributed by atoms with van der Waals surface area (Å²) in [6.07, 6.45) is 1.71. The minimum absolute atomic E-state index is 0. The van der Waals surface area contributed by atoms with Crippen LogP contribution in [0.25, 0.3) is 0 Å². The number of piperidine rings is 1. The molecule has 0 saturated carbocycles. The summed E-state index contributed by atoms with van der Waals surface area (Å²) in [5, 5.41) is 6.27. The lowest BCUT2D eigenvalue weighted by atomic mass is 9.92. The van der Waals surface area contributed by atoms with Gasteiger partial charge in [-0.15, -0.1) is 12.4 Å². The Bertz CT molecular complexity index is 634. The molecule has 0 spiro atoms. The number of carbonyl (C=O) groups is 1. The first-order valence-electron chi connectivity index (χ1n) is 8.02. The Hall–Kier alpha value is -1.15. The Morgan fingerprint density at radius 3 is 2.54 bits per heavy atom. The SMILES string of the molecule is CCNS(=O)(=O)c1ccc(CNC(=O)[C@H]2CCN[C@@H](C)C2)cc1.Cl. The zero-order valence-electron chi connectivity index (χ0n) is 14.0. The van der Waals surface area contributed by atoms with E-state index in [2.05, 4.69) is 22.3 Å². The highest BCUT2D eigenvalue weighted by molar-refractivity contribution is 7.89. The molecular formula is C16H26ClN3O3S. The Morgan fingerprint density at radius 1 is 1.29 bits per heavy atom. The van der Waals surface area contributed by atoms with Crippen molar-refractivity contribution in [2.24, 2.45) is 5.92 Å². The molecule has 0 aliphatic carbocycles. The average Bonchev–Trinajstić information content (AvgIpc) is 2.53. The van der Waals surface area contributed by atoms with Gasteiger partial charge in [-0.2, -0.15) is 0 Å². The third-order valence-electron chi connectivity index (χ3n) is 4.03. The van der Waals surface area contributed by atoms with Crippen LogP contribution in [0.2, 0.25) is 0 Å². The van der Waals surface area contributed by atoms with Crippen LogP contribution in [-0.4, -0.2) is 33.5 Å². The zero-order chi connectivity index (χ0) is 16.9. The van der Waals surface area contributed by atoms with E-state index in [-0.39, 0.29) is 29.1 Å². The van der Waals surface area contributed by atoms with Gasteiger partial charge >= 0.3 is 0 Å². The van der Waals surface area contributed by atoms with Gasteiger partial charge in [-0.25, -0.2) is 13.1 Å². The standard InChI is InChI=1S/C16H25N3O3S.ClH/c1-3-19-23(21,22)15-6-4-13(5-7-15)11-18-16(20)14-8-9-17-12(2)10-14;/h4-7,12,14,17,19H,3,8-11H2,1-2H3,(H,18,20);1H/t12-,14-;/m0./s1. The van der Waals surface area contributed by atoms with Crippen molar-refractivity contribution in [1.29, 1.82) is 0 Å². The van der Waals surface area contributed by atoms with Gasteiger partial charge in [-0.3, -0.25) is 4.79 Å². The lowest BCUT2D eigenvalue weighted by Crippen LogP contribution is -2.42. The van der Waals surface area contributed by atoms with Crippen LogP contribution in [0.4, 0.5) is 0 Å². The van der Waals surface area contributed by atoms with E-state index in [1.807, 2.05) is 0 Å². The van der Waals surface area contributed by atoms with Crippen LogP contribution in [-0.2, 0) is 21.4 Å². The monoisotopic (exact) mass is 375 g/mol.